The van der Waals surface area contributed by atoms with E-state index in [1.807, 2.05) is 30.3 Å². The second kappa shape index (κ2) is 8.47. The molecular weight excluding hydrogens is 397 g/mol. The van der Waals surface area contributed by atoms with Crippen LogP contribution in [0.25, 0.3) is 0 Å². The van der Waals surface area contributed by atoms with Gasteiger partial charge < -0.3 is 10.1 Å². The van der Waals surface area contributed by atoms with E-state index in [-0.39, 0.29) is 24.2 Å². The number of nitrogens with zero attached hydrogens (tertiary/aromatic N) is 1. The van der Waals surface area contributed by atoms with Gasteiger partial charge in [0.25, 0.3) is 0 Å². The summed E-state index contributed by atoms with van der Waals surface area (Å²) in [5.74, 6) is -1.64. The minimum Gasteiger partial charge on any atom is -0.465 e. The normalized spacial score (nSPS) is 19.5. The molecule has 160 valence electrons. The van der Waals surface area contributed by atoms with E-state index in [2.05, 4.69) is 10.1 Å². The summed E-state index contributed by atoms with van der Waals surface area (Å²) in [6.07, 6.45) is -5.00. The van der Waals surface area contributed by atoms with Gasteiger partial charge >= 0.3 is 12.1 Å². The van der Waals surface area contributed by atoms with Crippen LogP contribution in [-0.2, 0) is 16.1 Å². The molecule has 8 heteroatoms. The highest BCUT2D eigenvalue weighted by atomic mass is 19.4. The maximum atomic E-state index is 14.0. The van der Waals surface area contributed by atoms with Crippen molar-refractivity contribution in [2.45, 2.75) is 26.1 Å². The number of ether oxygens (including phenoxy) is 1. The zero-order chi connectivity index (χ0) is 21.9. The molecule has 1 amide bonds. The Bertz CT molecular complexity index is 931. The number of esters is 1. The fourth-order valence-electron chi connectivity index (χ4n) is 3.70. The summed E-state index contributed by atoms with van der Waals surface area (Å²) < 4.78 is 46.8. The lowest BCUT2D eigenvalue weighted by Crippen LogP contribution is -2.50. The van der Waals surface area contributed by atoms with E-state index in [0.29, 0.717) is 12.1 Å². The van der Waals surface area contributed by atoms with Crippen LogP contribution in [0.1, 0.15) is 27.9 Å². The van der Waals surface area contributed by atoms with Crippen molar-refractivity contribution in [3.05, 3.63) is 65.2 Å². The van der Waals surface area contributed by atoms with Crippen LogP contribution in [-0.4, -0.2) is 43.2 Å². The summed E-state index contributed by atoms with van der Waals surface area (Å²) in [4.78, 5) is 26.1. The summed E-state index contributed by atoms with van der Waals surface area (Å²) in [7, 11) is 1.24. The molecule has 3 rings (SSSR count). The molecule has 2 aromatic rings. The Kier molecular flexibility index (Phi) is 6.17. The minimum absolute atomic E-state index is 0.169. The predicted octanol–water partition coefficient (Wildman–Crippen LogP) is 4.17. The van der Waals surface area contributed by atoms with Crippen LogP contribution < -0.4 is 5.32 Å². The van der Waals surface area contributed by atoms with Crippen molar-refractivity contribution in [1.29, 1.82) is 0 Å². The zero-order valence-corrected chi connectivity index (χ0v) is 16.8. The van der Waals surface area contributed by atoms with E-state index in [1.54, 1.807) is 11.8 Å². The second-order valence-corrected chi connectivity index (χ2v) is 7.50. The Hall–Kier alpha value is -2.87. The van der Waals surface area contributed by atoms with Crippen LogP contribution in [0.3, 0.4) is 0 Å². The lowest BCUT2D eigenvalue weighted by molar-refractivity contribution is -0.215. The monoisotopic (exact) mass is 420 g/mol. The first-order chi connectivity index (χ1) is 14.2. The molecule has 1 aliphatic heterocycles. The van der Waals surface area contributed by atoms with Crippen LogP contribution in [0, 0.1) is 12.3 Å². The van der Waals surface area contributed by atoms with E-state index < -0.39 is 30.0 Å². The van der Waals surface area contributed by atoms with Crippen LogP contribution >= 0.6 is 0 Å². The molecule has 1 heterocycles. The summed E-state index contributed by atoms with van der Waals surface area (Å²) >= 11 is 0. The van der Waals surface area contributed by atoms with Gasteiger partial charge in [-0.3, -0.25) is 9.69 Å². The third-order valence-corrected chi connectivity index (χ3v) is 5.47. The van der Waals surface area contributed by atoms with Gasteiger partial charge in [-0.25, -0.2) is 4.79 Å². The van der Waals surface area contributed by atoms with E-state index in [1.165, 1.54) is 25.3 Å². The van der Waals surface area contributed by atoms with Crippen LogP contribution in [0.4, 0.5) is 18.9 Å². The number of hydrogen-bond donors (Lipinski definition) is 1. The predicted molar refractivity (Wildman–Crippen MR) is 106 cm³/mol. The lowest BCUT2D eigenvalue weighted by atomic mass is 9.85. The average molecular weight is 420 g/mol. The molecule has 1 atom stereocenters. The van der Waals surface area contributed by atoms with Crippen LogP contribution in [0.2, 0.25) is 0 Å². The minimum atomic E-state index is -4.69. The molecule has 1 fully saturated rings. The first-order valence-electron chi connectivity index (χ1n) is 9.50. The zero-order valence-electron chi connectivity index (χ0n) is 16.8. The summed E-state index contributed by atoms with van der Waals surface area (Å²) in [6, 6.07) is 13.5. The Morgan fingerprint density at radius 3 is 2.47 bits per heavy atom. The molecule has 0 bridgehead atoms. The van der Waals surface area contributed by atoms with Crippen LogP contribution in [0.5, 0.6) is 0 Å². The number of rotatable bonds is 5. The number of benzene rings is 2. The number of amides is 1. The number of carbonyl (C=O) groups excluding carboxylic acids is 2. The molecule has 0 spiro atoms. The number of likely N-dealkylation sites (tertiary alicyclic amines) is 1. The second-order valence-electron chi connectivity index (χ2n) is 7.50. The maximum absolute atomic E-state index is 14.0. The summed E-state index contributed by atoms with van der Waals surface area (Å²) in [5.41, 5.74) is -0.631. The van der Waals surface area contributed by atoms with Crippen molar-refractivity contribution in [2.24, 2.45) is 5.41 Å². The fourth-order valence-corrected chi connectivity index (χ4v) is 3.70. The van der Waals surface area contributed by atoms with Gasteiger partial charge in [0, 0.05) is 18.8 Å². The molecular formula is C22H23F3N2O3. The van der Waals surface area contributed by atoms with Gasteiger partial charge in [-0.15, -0.1) is 0 Å². The fraction of sp³-hybridized carbons (Fsp3) is 0.364. The number of anilines is 1. The van der Waals surface area contributed by atoms with E-state index in [9.17, 15) is 22.8 Å². The number of hydrogen-bond acceptors (Lipinski definition) is 4. The standard InChI is InChI=1S/C22H23F3N2O3/c1-15-12-17(19(28)30-2)8-9-18(15)26-20(29)21(22(23,24)25)10-11-27(14-21)13-16-6-4-3-5-7-16/h3-9,12H,10-11,13-14H2,1-2H3,(H,26,29). The van der Waals surface area contributed by atoms with Crippen molar-refractivity contribution >= 4 is 17.6 Å². The molecule has 5 nitrogen and oxygen atoms in total. The molecule has 0 saturated carbocycles. The molecule has 30 heavy (non-hydrogen) atoms. The highest BCUT2D eigenvalue weighted by molar-refractivity contribution is 5.98. The van der Waals surface area contributed by atoms with Gasteiger partial charge in [0.15, 0.2) is 5.41 Å². The largest absolute Gasteiger partial charge is 0.465 e. The topological polar surface area (TPSA) is 58.6 Å². The van der Waals surface area contributed by atoms with E-state index >= 15 is 0 Å². The van der Waals surface area contributed by atoms with Crippen molar-refractivity contribution in [1.82, 2.24) is 4.90 Å². The summed E-state index contributed by atoms with van der Waals surface area (Å²) in [6.45, 7) is 1.72. The van der Waals surface area contributed by atoms with Gasteiger partial charge in [-0.05, 0) is 49.2 Å². The maximum Gasteiger partial charge on any atom is 0.404 e. The molecule has 2 aromatic carbocycles. The molecule has 1 saturated heterocycles. The van der Waals surface area contributed by atoms with Gasteiger partial charge in [-0.1, -0.05) is 30.3 Å². The smallest absolute Gasteiger partial charge is 0.404 e. The van der Waals surface area contributed by atoms with E-state index in [0.717, 1.165) is 5.56 Å². The summed E-state index contributed by atoms with van der Waals surface area (Å²) in [5, 5.41) is 2.43. The molecule has 1 N–H and O–H groups in total. The molecule has 0 aliphatic carbocycles. The Morgan fingerprint density at radius 1 is 1.17 bits per heavy atom. The van der Waals surface area contributed by atoms with Crippen molar-refractivity contribution in [3.8, 4) is 0 Å². The Balaban J connectivity index is 1.79. The Morgan fingerprint density at radius 2 is 1.87 bits per heavy atom. The molecule has 1 unspecified atom stereocenters. The van der Waals surface area contributed by atoms with Gasteiger partial charge in [-0.2, -0.15) is 13.2 Å². The highest BCUT2D eigenvalue weighted by Gasteiger charge is 2.63. The third-order valence-electron chi connectivity index (χ3n) is 5.47. The quantitative estimate of drug-likeness (QED) is 0.738. The number of nitrogens with one attached hydrogen (secondary N) is 1. The molecule has 0 radical (unpaired) electrons. The lowest BCUT2D eigenvalue weighted by Gasteiger charge is -2.31. The first kappa shape index (κ1) is 21.8. The van der Waals surface area contributed by atoms with Crippen molar-refractivity contribution < 1.29 is 27.5 Å². The molecule has 1 aliphatic rings. The number of halogens is 3. The van der Waals surface area contributed by atoms with Gasteiger partial charge in [0.1, 0.15) is 0 Å². The number of carbonyl (C=O) groups is 2. The van der Waals surface area contributed by atoms with Crippen LogP contribution in [0.15, 0.2) is 48.5 Å². The van der Waals surface area contributed by atoms with Gasteiger partial charge in [0.05, 0.1) is 12.7 Å². The van der Waals surface area contributed by atoms with Crippen molar-refractivity contribution in [3.63, 3.8) is 0 Å². The van der Waals surface area contributed by atoms with Gasteiger partial charge in [0.2, 0.25) is 5.91 Å². The first-order valence-corrected chi connectivity index (χ1v) is 9.50. The SMILES string of the molecule is COC(=O)c1ccc(NC(=O)C2(C(F)(F)F)CCN(Cc3ccccc3)C2)c(C)c1. The number of methoxy groups -OCH3 is 1. The average Bonchev–Trinajstić information content (AvgIpc) is 3.15. The Labute approximate surface area is 172 Å². The molecule has 0 aromatic heterocycles. The number of alkyl halides is 3. The third kappa shape index (κ3) is 4.33. The number of aryl methyl sites for hydroxylation is 1. The highest BCUT2D eigenvalue weighted by Crippen LogP contribution is 2.46. The van der Waals surface area contributed by atoms with Crippen molar-refractivity contribution in [2.75, 3.05) is 25.5 Å². The van der Waals surface area contributed by atoms with E-state index in [4.69, 9.17) is 0 Å².